The number of carbonyl (C=O) groups excluding carboxylic acids is 1. The van der Waals surface area contributed by atoms with Crippen LogP contribution >= 0.6 is 11.8 Å². The van der Waals surface area contributed by atoms with Crippen LogP contribution in [0.5, 0.6) is 0 Å². The standard InChI is InChI=1S/C8H14N2O3S/c9-7(11)4-10-1-2-14-5-6(10)3-8(12)13/h6H,1-5H2,(H2,9,11)(H,12,13). The maximum Gasteiger partial charge on any atom is 0.304 e. The fourth-order valence-electron chi connectivity index (χ4n) is 1.49. The molecule has 1 atom stereocenters. The van der Waals surface area contributed by atoms with Gasteiger partial charge in [-0.1, -0.05) is 0 Å². The fraction of sp³-hybridized carbons (Fsp3) is 0.750. The highest BCUT2D eigenvalue weighted by Crippen LogP contribution is 2.18. The van der Waals surface area contributed by atoms with E-state index >= 15 is 0 Å². The minimum atomic E-state index is -0.827. The van der Waals surface area contributed by atoms with Crippen LogP contribution in [-0.2, 0) is 9.59 Å². The van der Waals surface area contributed by atoms with E-state index in [2.05, 4.69) is 0 Å². The van der Waals surface area contributed by atoms with Crippen LogP contribution < -0.4 is 5.73 Å². The molecule has 1 heterocycles. The van der Waals surface area contributed by atoms with E-state index in [1.165, 1.54) is 0 Å². The lowest BCUT2D eigenvalue weighted by Crippen LogP contribution is -2.47. The van der Waals surface area contributed by atoms with Crippen molar-refractivity contribution in [3.63, 3.8) is 0 Å². The van der Waals surface area contributed by atoms with Crippen molar-refractivity contribution < 1.29 is 14.7 Å². The number of hydrogen-bond acceptors (Lipinski definition) is 4. The monoisotopic (exact) mass is 218 g/mol. The van der Waals surface area contributed by atoms with Crippen LogP contribution in [-0.4, -0.2) is 52.5 Å². The SMILES string of the molecule is NC(=O)CN1CCSCC1CC(=O)O. The van der Waals surface area contributed by atoms with Crippen LogP contribution in [0.25, 0.3) is 0 Å². The molecule has 80 valence electrons. The van der Waals surface area contributed by atoms with Gasteiger partial charge in [-0.15, -0.1) is 0 Å². The van der Waals surface area contributed by atoms with Crippen LogP contribution in [0.15, 0.2) is 0 Å². The van der Waals surface area contributed by atoms with Crippen molar-refractivity contribution >= 4 is 23.6 Å². The number of carboxylic acid groups (broad SMARTS) is 1. The number of aliphatic carboxylic acids is 1. The molecule has 0 aromatic heterocycles. The smallest absolute Gasteiger partial charge is 0.304 e. The average molecular weight is 218 g/mol. The first-order chi connectivity index (χ1) is 6.59. The number of amides is 1. The molecule has 5 nitrogen and oxygen atoms in total. The van der Waals surface area contributed by atoms with Crippen molar-refractivity contribution in [3.8, 4) is 0 Å². The Kier molecular flexibility index (Phi) is 4.21. The number of carboxylic acids is 1. The molecule has 1 amide bonds. The largest absolute Gasteiger partial charge is 0.481 e. The van der Waals surface area contributed by atoms with Crippen molar-refractivity contribution in [3.05, 3.63) is 0 Å². The molecule has 1 aliphatic rings. The van der Waals surface area contributed by atoms with E-state index in [0.717, 1.165) is 18.1 Å². The van der Waals surface area contributed by atoms with Crippen molar-refractivity contribution in [2.24, 2.45) is 5.73 Å². The van der Waals surface area contributed by atoms with Crippen LogP contribution in [0.3, 0.4) is 0 Å². The number of thioether (sulfide) groups is 1. The quantitative estimate of drug-likeness (QED) is 0.656. The van der Waals surface area contributed by atoms with Gasteiger partial charge in [-0.05, 0) is 0 Å². The second kappa shape index (κ2) is 5.21. The minimum absolute atomic E-state index is 0.0567. The van der Waals surface area contributed by atoms with Gasteiger partial charge in [0.2, 0.25) is 5.91 Å². The summed E-state index contributed by atoms with van der Waals surface area (Å²) in [5.74, 6) is 0.474. The van der Waals surface area contributed by atoms with E-state index in [9.17, 15) is 9.59 Å². The van der Waals surface area contributed by atoms with Crippen molar-refractivity contribution in [2.75, 3.05) is 24.6 Å². The average Bonchev–Trinajstić information content (AvgIpc) is 2.06. The molecule has 0 aromatic rings. The fourth-order valence-corrected chi connectivity index (χ4v) is 2.62. The highest BCUT2D eigenvalue weighted by atomic mass is 32.2. The first-order valence-electron chi connectivity index (χ1n) is 4.41. The summed E-state index contributed by atoms with van der Waals surface area (Å²) in [6.07, 6.45) is 0.0836. The molecule has 6 heteroatoms. The first-order valence-corrected chi connectivity index (χ1v) is 5.57. The lowest BCUT2D eigenvalue weighted by Gasteiger charge is -2.33. The Morgan fingerprint density at radius 2 is 2.29 bits per heavy atom. The summed E-state index contributed by atoms with van der Waals surface area (Å²) in [6.45, 7) is 0.907. The van der Waals surface area contributed by atoms with Gasteiger partial charge >= 0.3 is 5.97 Å². The Labute approximate surface area is 86.6 Å². The Balaban J connectivity index is 2.49. The Hall–Kier alpha value is -0.750. The van der Waals surface area contributed by atoms with Gasteiger partial charge in [0.1, 0.15) is 0 Å². The predicted molar refractivity (Wildman–Crippen MR) is 54.1 cm³/mol. The third-order valence-corrected chi connectivity index (χ3v) is 3.21. The highest BCUT2D eigenvalue weighted by Gasteiger charge is 2.25. The summed E-state index contributed by atoms with van der Waals surface area (Å²) in [6, 6.07) is -0.0567. The molecule has 0 aromatic carbocycles. The molecule has 0 spiro atoms. The molecule has 0 aliphatic carbocycles. The summed E-state index contributed by atoms with van der Waals surface area (Å²) in [7, 11) is 0. The molecule has 1 unspecified atom stereocenters. The molecular weight excluding hydrogens is 204 g/mol. The second-order valence-electron chi connectivity index (χ2n) is 3.26. The van der Waals surface area contributed by atoms with Gasteiger partial charge in [0, 0.05) is 24.1 Å². The number of hydrogen-bond donors (Lipinski definition) is 2. The molecule has 1 saturated heterocycles. The molecule has 1 rings (SSSR count). The second-order valence-corrected chi connectivity index (χ2v) is 4.41. The molecule has 1 fully saturated rings. The van der Waals surface area contributed by atoms with Crippen LogP contribution in [0.1, 0.15) is 6.42 Å². The van der Waals surface area contributed by atoms with Gasteiger partial charge in [0.15, 0.2) is 0 Å². The summed E-state index contributed by atoms with van der Waals surface area (Å²) >= 11 is 1.72. The zero-order valence-corrected chi connectivity index (χ0v) is 8.63. The number of carbonyl (C=O) groups is 2. The van der Waals surface area contributed by atoms with Crippen LogP contribution in [0.4, 0.5) is 0 Å². The summed E-state index contributed by atoms with van der Waals surface area (Å²) < 4.78 is 0. The van der Waals surface area contributed by atoms with E-state index in [1.54, 1.807) is 11.8 Å². The predicted octanol–water partition coefficient (Wildman–Crippen LogP) is -0.636. The van der Waals surface area contributed by atoms with E-state index in [0.29, 0.717) is 0 Å². The third kappa shape index (κ3) is 3.55. The van der Waals surface area contributed by atoms with Gasteiger partial charge < -0.3 is 10.8 Å². The number of nitrogens with zero attached hydrogens (tertiary/aromatic N) is 1. The molecule has 0 bridgehead atoms. The topological polar surface area (TPSA) is 83.6 Å². The maximum atomic E-state index is 10.7. The maximum absolute atomic E-state index is 10.7. The molecule has 14 heavy (non-hydrogen) atoms. The molecule has 0 radical (unpaired) electrons. The number of nitrogens with two attached hydrogens (primary N) is 1. The normalized spacial score (nSPS) is 23.3. The van der Waals surface area contributed by atoms with E-state index in [-0.39, 0.29) is 19.0 Å². The molecule has 3 N–H and O–H groups in total. The molecule has 0 saturated carbocycles. The molecule has 1 aliphatic heterocycles. The van der Waals surface area contributed by atoms with E-state index < -0.39 is 11.9 Å². The van der Waals surface area contributed by atoms with Gasteiger partial charge in [-0.2, -0.15) is 11.8 Å². The summed E-state index contributed by atoms with van der Waals surface area (Å²) in [5.41, 5.74) is 5.08. The first kappa shape index (κ1) is 11.3. The lowest BCUT2D eigenvalue weighted by atomic mass is 10.2. The van der Waals surface area contributed by atoms with Crippen LogP contribution in [0.2, 0.25) is 0 Å². The van der Waals surface area contributed by atoms with Crippen molar-refractivity contribution in [1.82, 2.24) is 4.90 Å². The van der Waals surface area contributed by atoms with Crippen molar-refractivity contribution in [1.29, 1.82) is 0 Å². The zero-order chi connectivity index (χ0) is 10.6. The van der Waals surface area contributed by atoms with Crippen molar-refractivity contribution in [2.45, 2.75) is 12.5 Å². The van der Waals surface area contributed by atoms with Crippen LogP contribution in [0, 0.1) is 0 Å². The van der Waals surface area contributed by atoms with Gasteiger partial charge in [0.25, 0.3) is 0 Å². The summed E-state index contributed by atoms with van der Waals surface area (Å²) in [5, 5.41) is 8.67. The molecular formula is C8H14N2O3S. The Morgan fingerprint density at radius 1 is 1.57 bits per heavy atom. The highest BCUT2D eigenvalue weighted by molar-refractivity contribution is 7.99. The van der Waals surface area contributed by atoms with Gasteiger partial charge in [0.05, 0.1) is 13.0 Å². The van der Waals surface area contributed by atoms with E-state index in [4.69, 9.17) is 10.8 Å². The third-order valence-electron chi connectivity index (χ3n) is 2.12. The Bertz CT molecular complexity index is 211. The lowest BCUT2D eigenvalue weighted by molar-refractivity contribution is -0.138. The van der Waals surface area contributed by atoms with Gasteiger partial charge in [-0.25, -0.2) is 0 Å². The van der Waals surface area contributed by atoms with E-state index in [1.807, 2.05) is 4.90 Å². The number of primary amides is 1. The minimum Gasteiger partial charge on any atom is -0.481 e. The Morgan fingerprint density at radius 3 is 2.86 bits per heavy atom. The summed E-state index contributed by atoms with van der Waals surface area (Å²) in [4.78, 5) is 23.1. The van der Waals surface area contributed by atoms with Gasteiger partial charge in [-0.3, -0.25) is 14.5 Å². The zero-order valence-electron chi connectivity index (χ0n) is 7.81. The number of rotatable bonds is 4.